The molecule has 0 radical (unpaired) electrons. The molecule has 0 unspecified atom stereocenters. The molecule has 4 aromatic carbocycles. The summed E-state index contributed by atoms with van der Waals surface area (Å²) in [5.74, 6) is 0. The van der Waals surface area contributed by atoms with Crippen LogP contribution in [0.5, 0.6) is 0 Å². The highest BCUT2D eigenvalue weighted by molar-refractivity contribution is 6.08. The van der Waals surface area contributed by atoms with Crippen LogP contribution in [0.1, 0.15) is 0 Å². The summed E-state index contributed by atoms with van der Waals surface area (Å²) in [5, 5.41) is 2.34. The fraction of sp³-hybridized carbons (Fsp3) is 0. The Morgan fingerprint density at radius 2 is 1.05 bits per heavy atom. The summed E-state index contributed by atoms with van der Waals surface area (Å²) >= 11 is 0. The van der Waals surface area contributed by atoms with Crippen LogP contribution >= 0.6 is 0 Å². The Kier molecular flexibility index (Phi) is 5.11. The van der Waals surface area contributed by atoms with E-state index in [1.165, 1.54) is 16.5 Å². The molecule has 174 valence electrons. The van der Waals surface area contributed by atoms with Gasteiger partial charge in [0.1, 0.15) is 5.65 Å². The van der Waals surface area contributed by atoms with Gasteiger partial charge in [0.2, 0.25) is 0 Å². The molecule has 0 N–H and O–H groups in total. The molecule has 7 aromatic rings. The van der Waals surface area contributed by atoms with Crippen molar-refractivity contribution in [2.45, 2.75) is 0 Å². The summed E-state index contributed by atoms with van der Waals surface area (Å²) in [7, 11) is 0. The molecule has 3 nitrogen and oxygen atoms in total. The Bertz CT molecular complexity index is 1800. The average molecular weight is 474 g/mol. The second-order valence-electron chi connectivity index (χ2n) is 9.11. The molecule has 0 atom stereocenters. The predicted octanol–water partition coefficient (Wildman–Crippen LogP) is 8.57. The van der Waals surface area contributed by atoms with Crippen LogP contribution in [0.3, 0.4) is 0 Å². The quantitative estimate of drug-likeness (QED) is 0.256. The summed E-state index contributed by atoms with van der Waals surface area (Å²) in [5.41, 5.74) is 10.2. The van der Waals surface area contributed by atoms with Gasteiger partial charge in [0, 0.05) is 34.9 Å². The van der Waals surface area contributed by atoms with E-state index in [9.17, 15) is 0 Å². The molecule has 0 amide bonds. The zero-order chi connectivity index (χ0) is 24.6. The smallest absolute Gasteiger partial charge is 0.145 e. The number of fused-ring (bicyclic) bond motifs is 3. The number of benzene rings is 4. The van der Waals surface area contributed by atoms with Gasteiger partial charge >= 0.3 is 0 Å². The molecular formula is C34H23N3. The zero-order valence-corrected chi connectivity index (χ0v) is 20.1. The van der Waals surface area contributed by atoms with Crippen molar-refractivity contribution < 1.29 is 0 Å². The van der Waals surface area contributed by atoms with Crippen molar-refractivity contribution in [3.63, 3.8) is 0 Å². The van der Waals surface area contributed by atoms with Crippen molar-refractivity contribution in [2.24, 2.45) is 0 Å². The molecule has 0 saturated heterocycles. The minimum absolute atomic E-state index is 0.953. The van der Waals surface area contributed by atoms with Gasteiger partial charge in [-0.15, -0.1) is 0 Å². The number of hydrogen-bond acceptors (Lipinski definition) is 2. The first kappa shape index (κ1) is 21.3. The molecule has 0 aliphatic carbocycles. The predicted molar refractivity (Wildman–Crippen MR) is 153 cm³/mol. The lowest BCUT2D eigenvalue weighted by molar-refractivity contribution is 1.14. The fourth-order valence-electron chi connectivity index (χ4n) is 5.29. The molecule has 0 aliphatic heterocycles. The third-order valence-electron chi connectivity index (χ3n) is 6.97. The number of rotatable bonds is 4. The van der Waals surface area contributed by atoms with Crippen LogP contribution in [0.2, 0.25) is 0 Å². The molecule has 3 aromatic heterocycles. The molecule has 0 saturated carbocycles. The lowest BCUT2D eigenvalue weighted by Gasteiger charge is -2.19. The summed E-state index contributed by atoms with van der Waals surface area (Å²) in [6, 6.07) is 42.8. The highest BCUT2D eigenvalue weighted by atomic mass is 15.0. The van der Waals surface area contributed by atoms with Crippen LogP contribution in [0.25, 0.3) is 61.0 Å². The molecule has 7 rings (SSSR count). The number of hydrogen-bond donors (Lipinski definition) is 0. The first-order valence-electron chi connectivity index (χ1n) is 12.4. The number of para-hydroxylation sites is 1. The van der Waals surface area contributed by atoms with E-state index in [1.807, 2.05) is 24.7 Å². The van der Waals surface area contributed by atoms with E-state index in [0.717, 1.165) is 44.5 Å². The Hall–Kier alpha value is -5.02. The van der Waals surface area contributed by atoms with Crippen LogP contribution in [-0.4, -0.2) is 14.5 Å². The van der Waals surface area contributed by atoms with Crippen molar-refractivity contribution in [3.05, 3.63) is 140 Å². The molecule has 0 aliphatic rings. The molecule has 37 heavy (non-hydrogen) atoms. The van der Waals surface area contributed by atoms with Crippen LogP contribution < -0.4 is 0 Å². The average Bonchev–Trinajstić information content (AvgIpc) is 3.32. The van der Waals surface area contributed by atoms with Crippen molar-refractivity contribution in [2.75, 3.05) is 0 Å². The van der Waals surface area contributed by atoms with Crippen molar-refractivity contribution >= 4 is 21.9 Å². The topological polar surface area (TPSA) is 30.7 Å². The summed E-state index contributed by atoms with van der Waals surface area (Å²) in [6.45, 7) is 0. The largest absolute Gasteiger partial charge is 0.293 e. The fourth-order valence-corrected chi connectivity index (χ4v) is 5.29. The van der Waals surface area contributed by atoms with Gasteiger partial charge in [0.05, 0.1) is 11.2 Å². The number of aromatic nitrogens is 3. The highest BCUT2D eigenvalue weighted by Gasteiger charge is 2.20. The van der Waals surface area contributed by atoms with Crippen LogP contribution in [0.15, 0.2) is 140 Å². The van der Waals surface area contributed by atoms with E-state index in [-0.39, 0.29) is 0 Å². The van der Waals surface area contributed by atoms with E-state index in [0.29, 0.717) is 0 Å². The van der Waals surface area contributed by atoms with Gasteiger partial charge < -0.3 is 0 Å². The van der Waals surface area contributed by atoms with E-state index >= 15 is 0 Å². The van der Waals surface area contributed by atoms with Gasteiger partial charge in [-0.3, -0.25) is 9.55 Å². The maximum Gasteiger partial charge on any atom is 0.145 e. The normalized spacial score (nSPS) is 11.2. The minimum Gasteiger partial charge on any atom is -0.293 e. The molecule has 3 heteroatoms. The Balaban J connectivity index is 1.65. The Morgan fingerprint density at radius 1 is 0.459 bits per heavy atom. The first-order chi connectivity index (χ1) is 18.4. The van der Waals surface area contributed by atoms with Gasteiger partial charge in [-0.2, -0.15) is 0 Å². The molecule has 3 heterocycles. The summed E-state index contributed by atoms with van der Waals surface area (Å²) in [6.07, 6.45) is 5.59. The third-order valence-corrected chi connectivity index (χ3v) is 6.97. The molecular weight excluding hydrogens is 450 g/mol. The number of pyridine rings is 2. The van der Waals surface area contributed by atoms with Crippen LogP contribution in [0, 0.1) is 0 Å². The van der Waals surface area contributed by atoms with Gasteiger partial charge in [-0.1, -0.05) is 78.9 Å². The third kappa shape index (κ3) is 3.60. The maximum absolute atomic E-state index is 4.87. The second kappa shape index (κ2) is 8.89. The van der Waals surface area contributed by atoms with Crippen molar-refractivity contribution in [1.82, 2.24) is 14.5 Å². The van der Waals surface area contributed by atoms with Gasteiger partial charge in [-0.25, -0.2) is 4.98 Å². The summed E-state index contributed by atoms with van der Waals surface area (Å²) in [4.78, 5) is 9.14. The lowest BCUT2D eigenvalue weighted by Crippen LogP contribution is -2.01. The lowest BCUT2D eigenvalue weighted by atomic mass is 9.90. The van der Waals surface area contributed by atoms with Gasteiger partial charge in [0.25, 0.3) is 0 Å². The Morgan fingerprint density at radius 3 is 1.81 bits per heavy atom. The second-order valence-corrected chi connectivity index (χ2v) is 9.11. The maximum atomic E-state index is 4.87. The zero-order valence-electron chi connectivity index (χ0n) is 20.1. The van der Waals surface area contributed by atoms with Crippen molar-refractivity contribution in [3.8, 4) is 39.1 Å². The summed E-state index contributed by atoms with van der Waals surface area (Å²) < 4.78 is 2.31. The van der Waals surface area contributed by atoms with Crippen LogP contribution in [-0.2, 0) is 0 Å². The van der Waals surface area contributed by atoms with Crippen molar-refractivity contribution in [1.29, 1.82) is 0 Å². The highest BCUT2D eigenvalue weighted by Crippen LogP contribution is 2.42. The Labute approximate surface area is 215 Å². The number of nitrogens with zero attached hydrogens (tertiary/aromatic N) is 3. The minimum atomic E-state index is 0.953. The SMILES string of the molecule is c1ccc(-c2cc(-c3ccccc3)c(-n3c4ccccc4c4cccnc43)cc2-c2ccncc2)cc1. The molecule has 0 fully saturated rings. The molecule has 0 bridgehead atoms. The van der Waals surface area contributed by atoms with E-state index in [2.05, 4.69) is 125 Å². The van der Waals surface area contributed by atoms with E-state index in [4.69, 9.17) is 4.98 Å². The van der Waals surface area contributed by atoms with E-state index < -0.39 is 0 Å². The monoisotopic (exact) mass is 473 g/mol. The van der Waals surface area contributed by atoms with Gasteiger partial charge in [-0.05, 0) is 70.3 Å². The van der Waals surface area contributed by atoms with E-state index in [1.54, 1.807) is 0 Å². The van der Waals surface area contributed by atoms with Gasteiger partial charge in [0.15, 0.2) is 0 Å². The molecule has 0 spiro atoms. The van der Waals surface area contributed by atoms with Crippen LogP contribution in [0.4, 0.5) is 0 Å². The first-order valence-corrected chi connectivity index (χ1v) is 12.4. The standard InChI is InChI=1S/C34H23N3/c1-3-10-24(11-4-1)29-22-31(25-12-5-2-6-13-25)33(23-30(29)26-17-20-35-21-18-26)37-32-16-8-7-14-27(32)28-15-9-19-36-34(28)37/h1-23H.